The summed E-state index contributed by atoms with van der Waals surface area (Å²) in [5.74, 6) is -1.14. The van der Waals surface area contributed by atoms with E-state index in [9.17, 15) is 9.59 Å². The van der Waals surface area contributed by atoms with Gasteiger partial charge in [0.1, 0.15) is 12.4 Å². The minimum absolute atomic E-state index is 0.0322. The van der Waals surface area contributed by atoms with Crippen molar-refractivity contribution in [1.29, 1.82) is 0 Å². The molecule has 0 aliphatic carbocycles. The van der Waals surface area contributed by atoms with Crippen LogP contribution in [0, 0.1) is 6.92 Å². The molecule has 0 amide bonds. The van der Waals surface area contributed by atoms with E-state index in [-0.39, 0.29) is 11.2 Å². The topological polar surface area (TPSA) is 115 Å². The van der Waals surface area contributed by atoms with Crippen LogP contribution in [-0.4, -0.2) is 40.4 Å². The maximum absolute atomic E-state index is 12.6. The highest BCUT2D eigenvalue weighted by atomic mass is 16.4. The number of aromatic nitrogens is 6. The van der Waals surface area contributed by atoms with E-state index in [4.69, 9.17) is 5.11 Å². The molecule has 0 aliphatic rings. The summed E-state index contributed by atoms with van der Waals surface area (Å²) in [4.78, 5) is 28.0. The quantitative estimate of drug-likeness (QED) is 0.594. The van der Waals surface area contributed by atoms with Gasteiger partial charge < -0.3 is 5.11 Å². The number of carboxylic acid groups (broad SMARTS) is 1. The molecule has 0 fully saturated rings. The lowest BCUT2D eigenvalue weighted by Crippen LogP contribution is -2.29. The third-order valence-electron chi connectivity index (χ3n) is 4.27. The van der Waals surface area contributed by atoms with E-state index in [0.717, 1.165) is 21.4 Å². The third kappa shape index (κ3) is 2.25. The Labute approximate surface area is 146 Å². The molecular formula is C17H14N6O3. The Morgan fingerprint density at radius 1 is 1.15 bits per heavy atom. The second kappa shape index (κ2) is 5.73. The molecule has 0 saturated carbocycles. The molecule has 4 aromatic rings. The molecule has 1 unspecified atom stereocenters. The number of carbonyl (C=O) groups is 1. The van der Waals surface area contributed by atoms with Gasteiger partial charge >= 0.3 is 5.97 Å². The van der Waals surface area contributed by atoms with E-state index in [1.54, 1.807) is 0 Å². The Balaban J connectivity index is 2.02. The molecule has 0 bridgehead atoms. The maximum atomic E-state index is 12.6. The monoisotopic (exact) mass is 350 g/mol. The van der Waals surface area contributed by atoms with E-state index in [1.165, 1.54) is 17.8 Å². The second-order valence-corrected chi connectivity index (χ2v) is 5.91. The molecular weight excluding hydrogens is 336 g/mol. The third-order valence-corrected chi connectivity index (χ3v) is 4.27. The molecule has 4 rings (SSSR count). The molecule has 130 valence electrons. The Morgan fingerprint density at radius 3 is 2.58 bits per heavy atom. The fraction of sp³-hybridized carbons (Fsp3) is 0.176. The summed E-state index contributed by atoms with van der Waals surface area (Å²) in [5.41, 5.74) is 2.58. The van der Waals surface area contributed by atoms with Crippen LogP contribution in [0.1, 0.15) is 18.7 Å². The first-order valence-electron chi connectivity index (χ1n) is 7.90. The molecule has 0 radical (unpaired) electrons. The number of aryl methyl sites for hydroxylation is 1. The predicted molar refractivity (Wildman–Crippen MR) is 92.9 cm³/mol. The van der Waals surface area contributed by atoms with Gasteiger partial charge in [-0.25, -0.2) is 9.78 Å². The molecule has 0 spiro atoms. The molecule has 3 aromatic heterocycles. The van der Waals surface area contributed by atoms with Gasteiger partial charge in [0.05, 0.1) is 11.3 Å². The highest BCUT2D eigenvalue weighted by Gasteiger charge is 2.21. The first-order valence-corrected chi connectivity index (χ1v) is 7.90. The number of fused-ring (bicyclic) bond motifs is 3. The molecule has 9 nitrogen and oxygen atoms in total. The van der Waals surface area contributed by atoms with Crippen LogP contribution >= 0.6 is 0 Å². The summed E-state index contributed by atoms with van der Waals surface area (Å²) in [7, 11) is 0. The van der Waals surface area contributed by atoms with Gasteiger partial charge in [-0.05, 0) is 19.4 Å². The number of hydrogen-bond acceptors (Lipinski definition) is 6. The lowest BCUT2D eigenvalue weighted by Gasteiger charge is -2.10. The van der Waals surface area contributed by atoms with Crippen LogP contribution in [0.25, 0.3) is 27.9 Å². The first kappa shape index (κ1) is 15.9. The Morgan fingerprint density at radius 2 is 1.88 bits per heavy atom. The van der Waals surface area contributed by atoms with Gasteiger partial charge in [-0.15, -0.1) is 10.2 Å². The van der Waals surface area contributed by atoms with Crippen molar-refractivity contribution < 1.29 is 9.90 Å². The molecule has 1 atom stereocenters. The number of benzene rings is 1. The van der Waals surface area contributed by atoms with Gasteiger partial charge in [-0.2, -0.15) is 9.61 Å². The fourth-order valence-corrected chi connectivity index (χ4v) is 2.88. The van der Waals surface area contributed by atoms with Crippen LogP contribution in [0.5, 0.6) is 0 Å². The zero-order valence-electron chi connectivity index (χ0n) is 14.0. The highest BCUT2D eigenvalue weighted by molar-refractivity contribution is 5.83. The predicted octanol–water partition coefficient (Wildman–Crippen LogP) is 1.46. The largest absolute Gasteiger partial charge is 0.480 e. The summed E-state index contributed by atoms with van der Waals surface area (Å²) >= 11 is 0. The van der Waals surface area contributed by atoms with E-state index < -0.39 is 17.6 Å². The summed E-state index contributed by atoms with van der Waals surface area (Å²) < 4.78 is 2.48. The minimum atomic E-state index is -1.14. The molecule has 1 aromatic carbocycles. The van der Waals surface area contributed by atoms with Gasteiger partial charge in [-0.3, -0.25) is 9.36 Å². The molecule has 26 heavy (non-hydrogen) atoms. The lowest BCUT2D eigenvalue weighted by atomic mass is 10.1. The van der Waals surface area contributed by atoms with Crippen molar-refractivity contribution in [2.24, 2.45) is 0 Å². The van der Waals surface area contributed by atoms with Crippen molar-refractivity contribution in [1.82, 2.24) is 29.4 Å². The van der Waals surface area contributed by atoms with E-state index in [0.29, 0.717) is 5.65 Å². The smallest absolute Gasteiger partial charge is 0.326 e. The SMILES string of the molecule is Cc1nn2c(nnc3c(=O)n(C(C)C(=O)O)cnc32)c1-c1ccccc1. The molecule has 3 heterocycles. The molecule has 0 aliphatic heterocycles. The number of nitrogens with zero attached hydrogens (tertiary/aromatic N) is 6. The minimum Gasteiger partial charge on any atom is -0.480 e. The number of rotatable bonds is 3. The summed E-state index contributed by atoms with van der Waals surface area (Å²) in [5, 5.41) is 21.8. The second-order valence-electron chi connectivity index (χ2n) is 5.91. The van der Waals surface area contributed by atoms with Crippen LogP contribution in [-0.2, 0) is 4.79 Å². The van der Waals surface area contributed by atoms with E-state index >= 15 is 0 Å². The molecule has 1 N–H and O–H groups in total. The van der Waals surface area contributed by atoms with Crippen molar-refractivity contribution >= 4 is 22.8 Å². The van der Waals surface area contributed by atoms with Crippen LogP contribution in [0.3, 0.4) is 0 Å². The maximum Gasteiger partial charge on any atom is 0.326 e. The summed E-state index contributed by atoms with van der Waals surface area (Å²) in [6.45, 7) is 3.24. The van der Waals surface area contributed by atoms with Crippen molar-refractivity contribution in [2.75, 3.05) is 0 Å². The normalized spacial score (nSPS) is 12.5. The number of carboxylic acids is 1. The average molecular weight is 350 g/mol. The number of hydrogen-bond donors (Lipinski definition) is 1. The lowest BCUT2D eigenvalue weighted by molar-refractivity contribution is -0.140. The van der Waals surface area contributed by atoms with E-state index in [1.807, 2.05) is 37.3 Å². The first-order chi connectivity index (χ1) is 12.5. The average Bonchev–Trinajstić information content (AvgIpc) is 2.98. The summed E-state index contributed by atoms with van der Waals surface area (Å²) in [6, 6.07) is 8.56. The number of aliphatic carboxylic acids is 1. The molecule has 9 heteroatoms. The highest BCUT2D eigenvalue weighted by Crippen LogP contribution is 2.27. The van der Waals surface area contributed by atoms with Crippen LogP contribution < -0.4 is 5.56 Å². The van der Waals surface area contributed by atoms with Gasteiger partial charge in [-0.1, -0.05) is 30.3 Å². The van der Waals surface area contributed by atoms with Crippen molar-refractivity contribution in [2.45, 2.75) is 19.9 Å². The van der Waals surface area contributed by atoms with Crippen LogP contribution in [0.15, 0.2) is 41.5 Å². The zero-order chi connectivity index (χ0) is 18.4. The zero-order valence-corrected chi connectivity index (χ0v) is 14.0. The Hall–Kier alpha value is -3.62. The Bertz CT molecular complexity index is 1210. The summed E-state index contributed by atoms with van der Waals surface area (Å²) in [6.07, 6.45) is 1.20. The van der Waals surface area contributed by atoms with Crippen LogP contribution in [0.4, 0.5) is 0 Å². The van der Waals surface area contributed by atoms with Crippen molar-refractivity contribution in [3.8, 4) is 11.1 Å². The van der Waals surface area contributed by atoms with E-state index in [2.05, 4.69) is 20.3 Å². The van der Waals surface area contributed by atoms with Gasteiger partial charge in [0.25, 0.3) is 5.56 Å². The van der Waals surface area contributed by atoms with Crippen LogP contribution in [0.2, 0.25) is 0 Å². The van der Waals surface area contributed by atoms with Gasteiger partial charge in [0, 0.05) is 0 Å². The fourth-order valence-electron chi connectivity index (χ4n) is 2.88. The Kier molecular flexibility index (Phi) is 3.50. The standard InChI is InChI=1S/C17H14N6O3/c1-9-12(11-6-4-3-5-7-11)14-20-19-13-15(23(14)21-9)18-8-22(16(13)24)10(2)17(25)26/h3-8,10H,1-2H3,(H,25,26). The van der Waals surface area contributed by atoms with Gasteiger partial charge in [0.2, 0.25) is 0 Å². The molecule has 0 saturated heterocycles. The van der Waals surface area contributed by atoms with Gasteiger partial charge in [0.15, 0.2) is 16.8 Å². The van der Waals surface area contributed by atoms with Crippen molar-refractivity contribution in [3.63, 3.8) is 0 Å². The van der Waals surface area contributed by atoms with Crippen molar-refractivity contribution in [3.05, 3.63) is 52.7 Å².